The van der Waals surface area contributed by atoms with Gasteiger partial charge in [0.25, 0.3) is 0 Å². The van der Waals surface area contributed by atoms with E-state index in [9.17, 15) is 4.79 Å². The minimum Gasteiger partial charge on any atom is -0.457 e. The molecule has 0 aliphatic heterocycles. The topological polar surface area (TPSA) is 26.3 Å². The van der Waals surface area contributed by atoms with E-state index in [0.29, 0.717) is 6.61 Å². The fraction of sp³-hybridized carbons (Fsp3) is 0.885. The SMILES string of the molecule is C=CC(=O)OCC[N+](C)(CC)CCCCCCCCCCCCCCCCCC. The Morgan fingerprint density at radius 2 is 1.14 bits per heavy atom. The number of nitrogens with zero attached hydrogens (tertiary/aromatic N) is 1. The number of carbonyl (C=O) groups is 1. The average molecular weight is 411 g/mol. The molecule has 29 heavy (non-hydrogen) atoms. The fourth-order valence-corrected chi connectivity index (χ4v) is 3.90. The molecule has 0 saturated heterocycles. The van der Waals surface area contributed by atoms with Crippen molar-refractivity contribution in [1.29, 1.82) is 0 Å². The second-order valence-electron chi connectivity index (χ2n) is 9.06. The molecule has 0 saturated carbocycles. The monoisotopic (exact) mass is 410 g/mol. The molecule has 0 bridgehead atoms. The second kappa shape index (κ2) is 20.4. The minimum atomic E-state index is -0.310. The molecule has 0 aliphatic rings. The van der Waals surface area contributed by atoms with Crippen LogP contribution in [0.1, 0.15) is 117 Å². The van der Waals surface area contributed by atoms with Gasteiger partial charge in [-0.1, -0.05) is 103 Å². The van der Waals surface area contributed by atoms with Crippen LogP contribution in [0.25, 0.3) is 0 Å². The molecule has 1 atom stereocenters. The normalized spacial score (nSPS) is 13.2. The van der Waals surface area contributed by atoms with Crippen LogP contribution in [0.5, 0.6) is 0 Å². The zero-order valence-corrected chi connectivity index (χ0v) is 20.2. The number of carbonyl (C=O) groups excluding carboxylic acids is 1. The van der Waals surface area contributed by atoms with Crippen molar-refractivity contribution in [3.8, 4) is 0 Å². The smallest absolute Gasteiger partial charge is 0.330 e. The van der Waals surface area contributed by atoms with Crippen molar-refractivity contribution in [3.63, 3.8) is 0 Å². The number of esters is 1. The van der Waals surface area contributed by atoms with E-state index in [0.717, 1.165) is 17.6 Å². The maximum atomic E-state index is 11.2. The predicted molar refractivity (Wildman–Crippen MR) is 127 cm³/mol. The summed E-state index contributed by atoms with van der Waals surface area (Å²) in [5, 5.41) is 0. The van der Waals surface area contributed by atoms with E-state index in [1.165, 1.54) is 115 Å². The third kappa shape index (κ3) is 18.9. The van der Waals surface area contributed by atoms with Crippen molar-refractivity contribution in [2.24, 2.45) is 0 Å². The first kappa shape index (κ1) is 28.2. The highest BCUT2D eigenvalue weighted by Crippen LogP contribution is 2.14. The van der Waals surface area contributed by atoms with Crippen molar-refractivity contribution in [2.75, 3.05) is 33.3 Å². The summed E-state index contributed by atoms with van der Waals surface area (Å²) in [6, 6.07) is 0. The van der Waals surface area contributed by atoms with Gasteiger partial charge >= 0.3 is 5.97 Å². The molecule has 0 spiro atoms. The molecule has 172 valence electrons. The van der Waals surface area contributed by atoms with Gasteiger partial charge in [-0.3, -0.25) is 0 Å². The lowest BCUT2D eigenvalue weighted by Gasteiger charge is -2.33. The van der Waals surface area contributed by atoms with Crippen molar-refractivity contribution < 1.29 is 14.0 Å². The van der Waals surface area contributed by atoms with E-state index in [2.05, 4.69) is 27.5 Å². The Morgan fingerprint density at radius 1 is 0.724 bits per heavy atom. The summed E-state index contributed by atoms with van der Waals surface area (Å²) in [6.45, 7) is 11.6. The molecule has 0 aromatic carbocycles. The Balaban J connectivity index is 3.40. The van der Waals surface area contributed by atoms with Gasteiger partial charge in [0.05, 0.1) is 20.1 Å². The van der Waals surface area contributed by atoms with E-state index >= 15 is 0 Å². The van der Waals surface area contributed by atoms with Crippen LogP contribution in [0, 0.1) is 0 Å². The van der Waals surface area contributed by atoms with Gasteiger partial charge in [-0.15, -0.1) is 0 Å². The second-order valence-corrected chi connectivity index (χ2v) is 9.06. The van der Waals surface area contributed by atoms with Crippen molar-refractivity contribution >= 4 is 5.97 Å². The van der Waals surface area contributed by atoms with Crippen LogP contribution in [-0.2, 0) is 9.53 Å². The van der Waals surface area contributed by atoms with Gasteiger partial charge in [-0.2, -0.15) is 0 Å². The highest BCUT2D eigenvalue weighted by molar-refractivity contribution is 5.81. The lowest BCUT2D eigenvalue weighted by molar-refractivity contribution is -0.908. The molecule has 1 unspecified atom stereocenters. The Morgan fingerprint density at radius 3 is 1.52 bits per heavy atom. The fourth-order valence-electron chi connectivity index (χ4n) is 3.90. The van der Waals surface area contributed by atoms with Crippen LogP contribution in [0.2, 0.25) is 0 Å². The lowest BCUT2D eigenvalue weighted by Crippen LogP contribution is -2.47. The number of rotatable bonds is 22. The van der Waals surface area contributed by atoms with E-state index in [4.69, 9.17) is 4.74 Å². The minimum absolute atomic E-state index is 0.310. The van der Waals surface area contributed by atoms with Crippen LogP contribution in [0.3, 0.4) is 0 Å². The van der Waals surface area contributed by atoms with Crippen LogP contribution in [0.15, 0.2) is 12.7 Å². The highest BCUT2D eigenvalue weighted by atomic mass is 16.5. The van der Waals surface area contributed by atoms with E-state index < -0.39 is 0 Å². The van der Waals surface area contributed by atoms with Gasteiger partial charge < -0.3 is 9.22 Å². The molecule has 0 N–H and O–H groups in total. The van der Waals surface area contributed by atoms with E-state index in [1.54, 1.807) is 0 Å². The first-order valence-corrected chi connectivity index (χ1v) is 12.7. The predicted octanol–water partition coefficient (Wildman–Crippen LogP) is 7.44. The zero-order valence-electron chi connectivity index (χ0n) is 20.2. The standard InChI is InChI=1S/C26H52NO2/c1-5-8-9-10-11-12-13-14-15-16-17-18-19-20-21-22-23-27(4,7-3)24-25-29-26(28)6-2/h6H,2,5,7-25H2,1,3-4H3/q+1. The summed E-state index contributed by atoms with van der Waals surface area (Å²) in [6.07, 6.45) is 23.8. The molecule has 0 aromatic rings. The summed E-state index contributed by atoms with van der Waals surface area (Å²) in [5.74, 6) is -0.310. The molecule has 3 heteroatoms. The molecule has 0 radical (unpaired) electrons. The molecular weight excluding hydrogens is 358 g/mol. The quantitative estimate of drug-likeness (QED) is 0.0802. The number of likely N-dealkylation sites (N-methyl/N-ethyl adjacent to an activating group) is 1. The molecule has 0 aliphatic carbocycles. The molecule has 0 rings (SSSR count). The highest BCUT2D eigenvalue weighted by Gasteiger charge is 2.18. The first-order valence-electron chi connectivity index (χ1n) is 12.7. The first-order chi connectivity index (χ1) is 14.1. The number of hydrogen-bond acceptors (Lipinski definition) is 2. The largest absolute Gasteiger partial charge is 0.457 e. The van der Waals surface area contributed by atoms with Crippen LogP contribution >= 0.6 is 0 Å². The van der Waals surface area contributed by atoms with Gasteiger partial charge in [0.2, 0.25) is 0 Å². The van der Waals surface area contributed by atoms with Gasteiger partial charge in [0.15, 0.2) is 0 Å². The maximum Gasteiger partial charge on any atom is 0.330 e. The van der Waals surface area contributed by atoms with E-state index in [-0.39, 0.29) is 5.97 Å². The van der Waals surface area contributed by atoms with Crippen LogP contribution in [-0.4, -0.2) is 43.7 Å². The number of unbranched alkanes of at least 4 members (excludes halogenated alkanes) is 15. The molecule has 0 heterocycles. The average Bonchev–Trinajstić information content (AvgIpc) is 2.73. The van der Waals surface area contributed by atoms with Crippen molar-refractivity contribution in [1.82, 2.24) is 0 Å². The van der Waals surface area contributed by atoms with Gasteiger partial charge in [-0.25, -0.2) is 4.79 Å². The Labute approximate surface area is 182 Å². The summed E-state index contributed by atoms with van der Waals surface area (Å²) in [4.78, 5) is 11.2. The Kier molecular flexibility index (Phi) is 19.9. The van der Waals surface area contributed by atoms with Gasteiger partial charge in [0, 0.05) is 6.08 Å². The van der Waals surface area contributed by atoms with Crippen LogP contribution < -0.4 is 0 Å². The number of hydrogen-bond donors (Lipinski definition) is 0. The van der Waals surface area contributed by atoms with Crippen molar-refractivity contribution in [2.45, 2.75) is 117 Å². The lowest BCUT2D eigenvalue weighted by atomic mass is 10.0. The molecule has 0 fully saturated rings. The molecular formula is C26H52NO2+. The third-order valence-electron chi connectivity index (χ3n) is 6.36. The molecule has 3 nitrogen and oxygen atoms in total. The summed E-state index contributed by atoms with van der Waals surface area (Å²) >= 11 is 0. The summed E-state index contributed by atoms with van der Waals surface area (Å²) < 4.78 is 6.14. The van der Waals surface area contributed by atoms with E-state index in [1.807, 2.05) is 0 Å². The summed E-state index contributed by atoms with van der Waals surface area (Å²) in [7, 11) is 2.27. The maximum absolute atomic E-state index is 11.2. The molecule has 0 aromatic heterocycles. The third-order valence-corrected chi connectivity index (χ3v) is 6.36. The van der Waals surface area contributed by atoms with Gasteiger partial charge in [-0.05, 0) is 19.8 Å². The number of ether oxygens (including phenoxy) is 1. The Hall–Kier alpha value is -0.830. The Bertz CT molecular complexity index is 383. The van der Waals surface area contributed by atoms with Crippen molar-refractivity contribution in [3.05, 3.63) is 12.7 Å². The number of quaternary nitrogens is 1. The summed E-state index contributed by atoms with van der Waals surface area (Å²) in [5.41, 5.74) is 0. The molecule has 0 amide bonds. The van der Waals surface area contributed by atoms with Crippen LogP contribution in [0.4, 0.5) is 0 Å². The van der Waals surface area contributed by atoms with Gasteiger partial charge in [0.1, 0.15) is 13.2 Å². The zero-order chi connectivity index (χ0) is 21.6.